The Bertz CT molecular complexity index is 436. The van der Waals surface area contributed by atoms with Crippen LogP contribution in [0.25, 0.3) is 0 Å². The molecule has 4 nitrogen and oxygen atoms in total. The molecule has 20 heavy (non-hydrogen) atoms. The average molecular weight is 278 g/mol. The van der Waals surface area contributed by atoms with E-state index in [9.17, 15) is 9.59 Å². The maximum absolute atomic E-state index is 12.7. The standard InChI is InChI=1S/C16H26N2O2/c1-4-16(3)15(20)18(10(2)14(19)17-16)9-13-8-11-5-6-12(13)7-11/h10-13H,4-9H2,1-3H3,(H,17,19). The van der Waals surface area contributed by atoms with E-state index in [2.05, 4.69) is 5.32 Å². The van der Waals surface area contributed by atoms with Crippen LogP contribution in [0.5, 0.6) is 0 Å². The zero-order chi connectivity index (χ0) is 14.5. The van der Waals surface area contributed by atoms with Crippen molar-refractivity contribution in [1.29, 1.82) is 0 Å². The Morgan fingerprint density at radius 3 is 2.60 bits per heavy atom. The molecule has 0 aromatic heterocycles. The van der Waals surface area contributed by atoms with Crippen molar-refractivity contribution in [2.75, 3.05) is 6.54 Å². The molecule has 3 fully saturated rings. The van der Waals surface area contributed by atoms with Crippen LogP contribution in [-0.4, -0.2) is 34.8 Å². The molecule has 112 valence electrons. The van der Waals surface area contributed by atoms with E-state index in [1.54, 1.807) is 0 Å². The Hall–Kier alpha value is -1.06. The predicted octanol–water partition coefficient (Wildman–Crippen LogP) is 1.94. The summed E-state index contributed by atoms with van der Waals surface area (Å²) in [6.07, 6.45) is 5.95. The molecule has 3 rings (SSSR count). The van der Waals surface area contributed by atoms with Crippen molar-refractivity contribution in [3.63, 3.8) is 0 Å². The number of rotatable bonds is 3. The van der Waals surface area contributed by atoms with Crippen LogP contribution in [0.15, 0.2) is 0 Å². The predicted molar refractivity (Wildman–Crippen MR) is 77.0 cm³/mol. The van der Waals surface area contributed by atoms with Crippen molar-refractivity contribution in [2.45, 2.75) is 64.5 Å². The molecule has 0 aromatic carbocycles. The maximum Gasteiger partial charge on any atom is 0.248 e. The lowest BCUT2D eigenvalue weighted by atomic mass is 9.86. The topological polar surface area (TPSA) is 49.4 Å². The second-order valence-corrected chi connectivity index (χ2v) is 7.24. The molecular formula is C16H26N2O2. The van der Waals surface area contributed by atoms with Gasteiger partial charge in [0.25, 0.3) is 0 Å². The van der Waals surface area contributed by atoms with Crippen LogP contribution in [0.1, 0.15) is 52.9 Å². The van der Waals surface area contributed by atoms with Gasteiger partial charge in [0.2, 0.25) is 11.8 Å². The van der Waals surface area contributed by atoms with Crippen molar-refractivity contribution in [3.05, 3.63) is 0 Å². The third kappa shape index (κ3) is 2.04. The van der Waals surface area contributed by atoms with Gasteiger partial charge in [0.15, 0.2) is 0 Å². The highest BCUT2D eigenvalue weighted by Gasteiger charge is 2.48. The monoisotopic (exact) mass is 278 g/mol. The van der Waals surface area contributed by atoms with Gasteiger partial charge in [-0.2, -0.15) is 0 Å². The molecule has 2 bridgehead atoms. The van der Waals surface area contributed by atoms with E-state index in [1.807, 2.05) is 25.7 Å². The van der Waals surface area contributed by atoms with Crippen LogP contribution < -0.4 is 5.32 Å². The summed E-state index contributed by atoms with van der Waals surface area (Å²) in [4.78, 5) is 26.7. The molecular weight excluding hydrogens is 252 g/mol. The van der Waals surface area contributed by atoms with Crippen LogP contribution >= 0.6 is 0 Å². The summed E-state index contributed by atoms with van der Waals surface area (Å²) in [6, 6.07) is -0.318. The number of carbonyl (C=O) groups excluding carboxylic acids is 2. The van der Waals surface area contributed by atoms with Crippen molar-refractivity contribution < 1.29 is 9.59 Å². The second kappa shape index (κ2) is 4.74. The van der Waals surface area contributed by atoms with E-state index in [1.165, 1.54) is 25.7 Å². The largest absolute Gasteiger partial charge is 0.340 e. The highest BCUT2D eigenvalue weighted by Crippen LogP contribution is 2.48. The summed E-state index contributed by atoms with van der Waals surface area (Å²) in [6.45, 7) is 6.46. The first-order valence-corrected chi connectivity index (χ1v) is 8.07. The minimum absolute atomic E-state index is 0.00268. The van der Waals surface area contributed by atoms with Gasteiger partial charge in [-0.15, -0.1) is 0 Å². The smallest absolute Gasteiger partial charge is 0.248 e. The van der Waals surface area contributed by atoms with Gasteiger partial charge in [0.1, 0.15) is 11.6 Å². The van der Waals surface area contributed by atoms with Crippen molar-refractivity contribution in [2.24, 2.45) is 17.8 Å². The van der Waals surface area contributed by atoms with Gasteiger partial charge in [-0.3, -0.25) is 9.59 Å². The van der Waals surface area contributed by atoms with Crippen LogP contribution in [-0.2, 0) is 9.59 Å². The second-order valence-electron chi connectivity index (χ2n) is 7.24. The number of fused-ring (bicyclic) bond motifs is 2. The number of carbonyl (C=O) groups is 2. The highest BCUT2D eigenvalue weighted by atomic mass is 16.2. The summed E-state index contributed by atoms with van der Waals surface area (Å²) < 4.78 is 0. The third-order valence-electron chi connectivity index (χ3n) is 6.00. The Labute approximate surface area is 121 Å². The minimum atomic E-state index is -0.707. The number of nitrogens with one attached hydrogen (secondary N) is 1. The maximum atomic E-state index is 12.7. The molecule has 3 aliphatic rings. The zero-order valence-electron chi connectivity index (χ0n) is 12.8. The van der Waals surface area contributed by atoms with E-state index >= 15 is 0 Å². The third-order valence-corrected chi connectivity index (χ3v) is 6.00. The van der Waals surface area contributed by atoms with E-state index in [-0.39, 0.29) is 17.9 Å². The molecule has 0 radical (unpaired) electrons. The molecule has 4 heteroatoms. The molecule has 0 spiro atoms. The fourth-order valence-electron chi connectivity index (χ4n) is 4.40. The molecule has 5 unspecified atom stereocenters. The summed E-state index contributed by atoms with van der Waals surface area (Å²) in [5.41, 5.74) is -0.707. The van der Waals surface area contributed by atoms with Crippen LogP contribution in [0.2, 0.25) is 0 Å². The van der Waals surface area contributed by atoms with Gasteiger partial charge in [-0.05, 0) is 57.3 Å². The Balaban J connectivity index is 1.76. The van der Waals surface area contributed by atoms with E-state index in [0.29, 0.717) is 12.3 Å². The van der Waals surface area contributed by atoms with E-state index < -0.39 is 5.54 Å². The Morgan fingerprint density at radius 2 is 2.05 bits per heavy atom. The summed E-state index contributed by atoms with van der Waals surface area (Å²) in [7, 11) is 0. The van der Waals surface area contributed by atoms with Gasteiger partial charge in [0, 0.05) is 6.54 Å². The number of hydrogen-bond acceptors (Lipinski definition) is 2. The fourth-order valence-corrected chi connectivity index (χ4v) is 4.40. The normalized spacial score (nSPS) is 44.0. The first-order chi connectivity index (χ1) is 9.44. The molecule has 1 aliphatic heterocycles. The van der Waals surface area contributed by atoms with Gasteiger partial charge in [0.05, 0.1) is 0 Å². The van der Waals surface area contributed by atoms with Crippen LogP contribution in [0, 0.1) is 17.8 Å². The number of piperazine rings is 1. The van der Waals surface area contributed by atoms with Crippen molar-refractivity contribution >= 4 is 11.8 Å². The van der Waals surface area contributed by atoms with E-state index in [4.69, 9.17) is 0 Å². The highest BCUT2D eigenvalue weighted by molar-refractivity contribution is 5.99. The summed E-state index contributed by atoms with van der Waals surface area (Å²) in [5.74, 6) is 2.39. The van der Waals surface area contributed by atoms with Crippen molar-refractivity contribution in [1.82, 2.24) is 10.2 Å². The first-order valence-electron chi connectivity index (χ1n) is 8.07. The van der Waals surface area contributed by atoms with Gasteiger partial charge in [-0.1, -0.05) is 13.3 Å². The van der Waals surface area contributed by atoms with Gasteiger partial charge < -0.3 is 10.2 Å². The lowest BCUT2D eigenvalue weighted by molar-refractivity contribution is -0.154. The van der Waals surface area contributed by atoms with E-state index in [0.717, 1.165) is 18.4 Å². The van der Waals surface area contributed by atoms with Gasteiger partial charge >= 0.3 is 0 Å². The SMILES string of the molecule is CCC1(C)NC(=O)C(C)N(CC2CC3CCC2C3)C1=O. The summed E-state index contributed by atoms with van der Waals surface area (Å²) in [5, 5.41) is 2.90. The lowest BCUT2D eigenvalue weighted by Gasteiger charge is -2.44. The molecule has 5 atom stereocenters. The first kappa shape index (κ1) is 13.9. The molecule has 2 saturated carbocycles. The molecule has 1 saturated heterocycles. The van der Waals surface area contributed by atoms with Crippen molar-refractivity contribution in [3.8, 4) is 0 Å². The van der Waals surface area contributed by atoms with Gasteiger partial charge in [-0.25, -0.2) is 0 Å². The van der Waals surface area contributed by atoms with Crippen LogP contribution in [0.3, 0.4) is 0 Å². The minimum Gasteiger partial charge on any atom is -0.340 e. The Kier molecular flexibility index (Phi) is 3.30. The molecule has 1 N–H and O–H groups in total. The number of nitrogens with zero attached hydrogens (tertiary/aromatic N) is 1. The lowest BCUT2D eigenvalue weighted by Crippen LogP contribution is -2.68. The molecule has 0 aromatic rings. The molecule has 1 heterocycles. The average Bonchev–Trinajstić information content (AvgIpc) is 3.04. The number of amides is 2. The van der Waals surface area contributed by atoms with Crippen LogP contribution in [0.4, 0.5) is 0 Å². The number of hydrogen-bond donors (Lipinski definition) is 1. The fraction of sp³-hybridized carbons (Fsp3) is 0.875. The molecule has 2 aliphatic carbocycles. The molecule has 2 amide bonds. The summed E-state index contributed by atoms with van der Waals surface area (Å²) >= 11 is 0. The Morgan fingerprint density at radius 1 is 1.30 bits per heavy atom. The quantitative estimate of drug-likeness (QED) is 0.857. The zero-order valence-corrected chi connectivity index (χ0v) is 12.8.